The molecule has 0 aliphatic carbocycles. The zero-order valence-electron chi connectivity index (χ0n) is 11.1. The van der Waals surface area contributed by atoms with E-state index in [1.807, 2.05) is 0 Å². The number of aliphatic hydroxyl groups is 1. The van der Waals surface area contributed by atoms with Gasteiger partial charge in [0.15, 0.2) is 0 Å². The van der Waals surface area contributed by atoms with E-state index in [9.17, 15) is 9.90 Å². The van der Waals surface area contributed by atoms with Gasteiger partial charge in [0.1, 0.15) is 0 Å². The summed E-state index contributed by atoms with van der Waals surface area (Å²) in [6.45, 7) is 7.46. The normalized spacial score (nSPS) is 11.2. The Labute approximate surface area is 106 Å². The van der Waals surface area contributed by atoms with Crippen molar-refractivity contribution in [3.05, 3.63) is 17.5 Å². The van der Waals surface area contributed by atoms with Crippen molar-refractivity contribution in [2.24, 2.45) is 0 Å². The lowest BCUT2D eigenvalue weighted by atomic mass is 10.1. The van der Waals surface area contributed by atoms with Crippen molar-refractivity contribution in [1.82, 2.24) is 9.97 Å². The highest BCUT2D eigenvalue weighted by Gasteiger charge is 2.15. The van der Waals surface area contributed by atoms with Crippen LogP contribution in [0.3, 0.4) is 0 Å². The molecule has 0 bridgehead atoms. The molecule has 0 aliphatic heterocycles. The van der Waals surface area contributed by atoms with Crippen LogP contribution in [0.2, 0.25) is 0 Å². The molecule has 0 fully saturated rings. The molecule has 0 saturated heterocycles. The van der Waals surface area contributed by atoms with E-state index in [1.54, 1.807) is 27.7 Å². The molecule has 0 atom stereocenters. The van der Waals surface area contributed by atoms with E-state index in [4.69, 9.17) is 4.74 Å². The van der Waals surface area contributed by atoms with E-state index in [1.165, 1.54) is 6.20 Å². The lowest BCUT2D eigenvalue weighted by Crippen LogP contribution is -2.30. The Kier molecular flexibility index (Phi) is 4.61. The smallest absolute Gasteiger partial charge is 0.341 e. The fraction of sp³-hybridized carbons (Fsp3) is 0.583. The molecule has 0 aliphatic rings. The van der Waals surface area contributed by atoms with Gasteiger partial charge in [0, 0.05) is 12.7 Å². The third-order valence-corrected chi connectivity index (χ3v) is 2.15. The molecular formula is C12H19N3O3. The van der Waals surface area contributed by atoms with Gasteiger partial charge in [0.25, 0.3) is 0 Å². The summed E-state index contributed by atoms with van der Waals surface area (Å²) in [7, 11) is 0. The molecule has 18 heavy (non-hydrogen) atoms. The maximum Gasteiger partial charge on any atom is 0.341 e. The van der Waals surface area contributed by atoms with Crippen LogP contribution in [0.25, 0.3) is 0 Å². The molecule has 0 unspecified atom stereocenters. The summed E-state index contributed by atoms with van der Waals surface area (Å²) in [5, 5.41) is 12.5. The summed E-state index contributed by atoms with van der Waals surface area (Å²) in [4.78, 5) is 19.7. The Balaban J connectivity index is 2.76. The van der Waals surface area contributed by atoms with Crippen molar-refractivity contribution in [3.63, 3.8) is 0 Å². The van der Waals surface area contributed by atoms with E-state index < -0.39 is 11.6 Å². The van der Waals surface area contributed by atoms with Crippen LogP contribution in [0.1, 0.15) is 36.8 Å². The van der Waals surface area contributed by atoms with Gasteiger partial charge in [-0.15, -0.1) is 0 Å². The number of esters is 1. The molecule has 6 heteroatoms. The van der Waals surface area contributed by atoms with E-state index in [-0.39, 0.29) is 0 Å². The molecule has 6 nitrogen and oxygen atoms in total. The second kappa shape index (κ2) is 5.77. The fourth-order valence-corrected chi connectivity index (χ4v) is 1.26. The molecule has 0 saturated carbocycles. The van der Waals surface area contributed by atoms with Crippen LogP contribution in [-0.4, -0.2) is 39.8 Å². The predicted molar refractivity (Wildman–Crippen MR) is 67.5 cm³/mol. The first kappa shape index (κ1) is 14.4. The average Bonchev–Trinajstić information content (AvgIpc) is 2.25. The number of carbonyl (C=O) groups excluding carboxylic acids is 1. The Morgan fingerprint density at radius 3 is 2.72 bits per heavy atom. The van der Waals surface area contributed by atoms with Gasteiger partial charge in [-0.25, -0.2) is 14.8 Å². The topological polar surface area (TPSA) is 84.3 Å². The number of aromatic nitrogens is 2. The first-order valence-corrected chi connectivity index (χ1v) is 5.80. The molecule has 0 radical (unpaired) electrons. The Morgan fingerprint density at radius 2 is 2.22 bits per heavy atom. The Morgan fingerprint density at radius 1 is 1.56 bits per heavy atom. The zero-order valence-corrected chi connectivity index (χ0v) is 11.1. The number of nitrogens with one attached hydrogen (secondary N) is 1. The second-order valence-corrected chi connectivity index (χ2v) is 4.58. The monoisotopic (exact) mass is 253 g/mol. The number of anilines is 1. The summed E-state index contributed by atoms with van der Waals surface area (Å²) in [5.74, 6) is -0.0493. The molecular weight excluding hydrogens is 234 g/mol. The van der Waals surface area contributed by atoms with Crippen LogP contribution in [-0.2, 0) is 4.74 Å². The number of hydrogen-bond donors (Lipinski definition) is 2. The first-order chi connectivity index (χ1) is 8.33. The number of rotatable bonds is 5. The number of ether oxygens (including phenoxy) is 1. The van der Waals surface area contributed by atoms with E-state index >= 15 is 0 Å². The standard InChI is InChI=1S/C12H19N3O3/c1-5-18-10(16)9-6-13-11(15-8(9)2)14-7-12(3,4)17/h6,17H,5,7H2,1-4H3,(H,13,14,15). The molecule has 0 aromatic carbocycles. The lowest BCUT2D eigenvalue weighted by molar-refractivity contribution is 0.0524. The molecule has 1 aromatic heterocycles. The highest BCUT2D eigenvalue weighted by Crippen LogP contribution is 2.10. The molecule has 0 amide bonds. The van der Waals surface area contributed by atoms with Crippen molar-refractivity contribution >= 4 is 11.9 Å². The number of hydrogen-bond acceptors (Lipinski definition) is 6. The van der Waals surface area contributed by atoms with Gasteiger partial charge >= 0.3 is 5.97 Å². The van der Waals surface area contributed by atoms with Crippen molar-refractivity contribution in [3.8, 4) is 0 Å². The van der Waals surface area contributed by atoms with Crippen LogP contribution < -0.4 is 5.32 Å². The average molecular weight is 253 g/mol. The summed E-state index contributed by atoms with van der Waals surface area (Å²) in [6, 6.07) is 0. The Bertz CT molecular complexity index is 427. The Hall–Kier alpha value is -1.69. The fourth-order valence-electron chi connectivity index (χ4n) is 1.26. The van der Waals surface area contributed by atoms with Gasteiger partial charge in [-0.05, 0) is 27.7 Å². The van der Waals surface area contributed by atoms with Gasteiger partial charge in [0.05, 0.1) is 23.5 Å². The predicted octanol–water partition coefficient (Wildman–Crippen LogP) is 1.14. The van der Waals surface area contributed by atoms with Crippen LogP contribution in [0.4, 0.5) is 5.95 Å². The molecule has 1 rings (SSSR count). The van der Waals surface area contributed by atoms with Crippen LogP contribution in [0.15, 0.2) is 6.20 Å². The summed E-state index contributed by atoms with van der Waals surface area (Å²) in [5.41, 5.74) is 0.0456. The molecule has 1 aromatic rings. The van der Waals surface area contributed by atoms with Crippen molar-refractivity contribution in [1.29, 1.82) is 0 Å². The molecule has 1 heterocycles. The second-order valence-electron chi connectivity index (χ2n) is 4.58. The number of aryl methyl sites for hydroxylation is 1. The maximum absolute atomic E-state index is 11.5. The highest BCUT2D eigenvalue weighted by molar-refractivity contribution is 5.90. The van der Waals surface area contributed by atoms with Crippen LogP contribution in [0.5, 0.6) is 0 Å². The van der Waals surface area contributed by atoms with Crippen molar-refractivity contribution in [2.75, 3.05) is 18.5 Å². The van der Waals surface area contributed by atoms with E-state index in [0.717, 1.165) is 0 Å². The zero-order chi connectivity index (χ0) is 13.8. The third kappa shape index (κ3) is 4.29. The first-order valence-electron chi connectivity index (χ1n) is 5.80. The third-order valence-electron chi connectivity index (χ3n) is 2.15. The highest BCUT2D eigenvalue weighted by atomic mass is 16.5. The number of carbonyl (C=O) groups is 1. The summed E-state index contributed by atoms with van der Waals surface area (Å²) in [6.07, 6.45) is 1.42. The minimum atomic E-state index is -0.850. The van der Waals surface area contributed by atoms with Gasteiger partial charge in [-0.3, -0.25) is 0 Å². The van der Waals surface area contributed by atoms with Crippen LogP contribution in [0, 0.1) is 6.92 Å². The van der Waals surface area contributed by atoms with E-state index in [0.29, 0.717) is 30.4 Å². The van der Waals surface area contributed by atoms with E-state index in [2.05, 4.69) is 15.3 Å². The van der Waals surface area contributed by atoms with Crippen molar-refractivity contribution in [2.45, 2.75) is 33.3 Å². The minimum Gasteiger partial charge on any atom is -0.462 e. The largest absolute Gasteiger partial charge is 0.462 e. The summed E-state index contributed by atoms with van der Waals surface area (Å²) < 4.78 is 4.88. The SMILES string of the molecule is CCOC(=O)c1cnc(NCC(C)(C)O)nc1C. The number of nitrogens with zero attached hydrogens (tertiary/aromatic N) is 2. The quantitative estimate of drug-likeness (QED) is 0.766. The maximum atomic E-state index is 11.5. The van der Waals surface area contributed by atoms with Crippen LogP contribution >= 0.6 is 0 Å². The van der Waals surface area contributed by atoms with Crippen molar-refractivity contribution < 1.29 is 14.6 Å². The molecule has 2 N–H and O–H groups in total. The van der Waals surface area contributed by atoms with Gasteiger partial charge in [-0.2, -0.15) is 0 Å². The minimum absolute atomic E-state index is 0.316. The van der Waals surface area contributed by atoms with Gasteiger partial charge in [0.2, 0.25) is 5.95 Å². The lowest BCUT2D eigenvalue weighted by Gasteiger charge is -2.17. The van der Waals surface area contributed by atoms with Gasteiger partial charge in [-0.1, -0.05) is 0 Å². The van der Waals surface area contributed by atoms with Gasteiger partial charge < -0.3 is 15.2 Å². The summed E-state index contributed by atoms with van der Waals surface area (Å²) >= 11 is 0. The molecule has 0 spiro atoms. The molecule has 100 valence electrons.